The van der Waals surface area contributed by atoms with Gasteiger partial charge in [-0.2, -0.15) is 4.98 Å². The van der Waals surface area contributed by atoms with Crippen LogP contribution in [-0.2, 0) is 10.3 Å². The van der Waals surface area contributed by atoms with Crippen molar-refractivity contribution < 1.29 is 14.4 Å². The van der Waals surface area contributed by atoms with Gasteiger partial charge in [-0.15, -0.1) is 0 Å². The Balaban J connectivity index is 1.80. The van der Waals surface area contributed by atoms with Crippen molar-refractivity contribution in [3.8, 4) is 0 Å². The number of methoxy groups -OCH3 is 1. The number of ether oxygens (including phenoxy) is 1. The van der Waals surface area contributed by atoms with Gasteiger partial charge < -0.3 is 14.4 Å². The minimum absolute atomic E-state index is 0.00832. The third kappa shape index (κ3) is 1.86. The van der Waals surface area contributed by atoms with Gasteiger partial charge in [-0.05, 0) is 32.1 Å². The molecule has 1 N–H and O–H groups in total. The monoisotopic (exact) mass is 252 g/mol. The zero-order valence-electron chi connectivity index (χ0n) is 10.8. The molecule has 0 aromatic carbocycles. The van der Waals surface area contributed by atoms with E-state index in [9.17, 15) is 5.11 Å². The number of aliphatic hydroxyl groups excluding tert-OH is 1. The van der Waals surface area contributed by atoms with E-state index in [1.807, 2.05) is 0 Å². The number of rotatable bonds is 3. The van der Waals surface area contributed by atoms with Crippen molar-refractivity contribution in [1.82, 2.24) is 10.1 Å². The molecule has 0 aliphatic heterocycles. The van der Waals surface area contributed by atoms with E-state index in [1.54, 1.807) is 7.11 Å². The lowest BCUT2D eigenvalue weighted by atomic mass is 9.79. The van der Waals surface area contributed by atoms with E-state index in [0.717, 1.165) is 44.9 Å². The van der Waals surface area contributed by atoms with Crippen molar-refractivity contribution in [3.63, 3.8) is 0 Å². The quantitative estimate of drug-likeness (QED) is 0.892. The highest BCUT2D eigenvalue weighted by Crippen LogP contribution is 2.43. The summed E-state index contributed by atoms with van der Waals surface area (Å²) in [5.74, 6) is 1.25. The summed E-state index contributed by atoms with van der Waals surface area (Å²) in [4.78, 5) is 4.49. The number of nitrogens with zero attached hydrogens (tertiary/aromatic N) is 2. The molecule has 0 amide bonds. The molecule has 2 aliphatic carbocycles. The Bertz CT molecular complexity index is 409. The summed E-state index contributed by atoms with van der Waals surface area (Å²) in [5.41, 5.74) is -0.332. The molecular formula is C13H20N2O3. The lowest BCUT2D eigenvalue weighted by Gasteiger charge is -2.37. The summed E-state index contributed by atoms with van der Waals surface area (Å²) in [6.45, 7) is 0. The SMILES string of the molecule is COC1(c2noc(C3CCCCC3O)n2)CCC1. The van der Waals surface area contributed by atoms with Gasteiger partial charge in [0.15, 0.2) is 0 Å². The van der Waals surface area contributed by atoms with Crippen molar-refractivity contribution in [3.05, 3.63) is 11.7 Å². The van der Waals surface area contributed by atoms with Gasteiger partial charge >= 0.3 is 0 Å². The van der Waals surface area contributed by atoms with Crippen molar-refractivity contribution in [2.45, 2.75) is 62.6 Å². The smallest absolute Gasteiger partial charge is 0.232 e. The first-order chi connectivity index (χ1) is 8.75. The molecule has 2 atom stereocenters. The second kappa shape index (κ2) is 4.63. The molecule has 2 unspecified atom stereocenters. The second-order valence-electron chi connectivity index (χ2n) is 5.47. The van der Waals surface area contributed by atoms with Crippen LogP contribution < -0.4 is 0 Å². The molecule has 1 aromatic rings. The van der Waals surface area contributed by atoms with Crippen LogP contribution in [0.2, 0.25) is 0 Å². The molecule has 2 aliphatic rings. The summed E-state index contributed by atoms with van der Waals surface area (Å²) < 4.78 is 10.9. The van der Waals surface area contributed by atoms with E-state index in [-0.39, 0.29) is 17.6 Å². The van der Waals surface area contributed by atoms with Gasteiger partial charge in [0.25, 0.3) is 0 Å². The van der Waals surface area contributed by atoms with Gasteiger partial charge in [-0.1, -0.05) is 18.0 Å². The maximum absolute atomic E-state index is 10.0. The van der Waals surface area contributed by atoms with Crippen LogP contribution in [0.5, 0.6) is 0 Å². The fourth-order valence-electron chi connectivity index (χ4n) is 2.99. The molecule has 5 nitrogen and oxygen atoms in total. The highest BCUT2D eigenvalue weighted by molar-refractivity contribution is 5.09. The Hall–Kier alpha value is -0.940. The first-order valence-corrected chi connectivity index (χ1v) is 6.82. The molecule has 0 bridgehead atoms. The van der Waals surface area contributed by atoms with Crippen LogP contribution in [-0.4, -0.2) is 28.5 Å². The predicted molar refractivity (Wildman–Crippen MR) is 64.1 cm³/mol. The summed E-state index contributed by atoms with van der Waals surface area (Å²) in [6, 6.07) is 0. The topological polar surface area (TPSA) is 68.4 Å². The largest absolute Gasteiger partial charge is 0.392 e. The van der Waals surface area contributed by atoms with Gasteiger partial charge in [0.2, 0.25) is 11.7 Å². The number of hydrogen-bond donors (Lipinski definition) is 1. The Morgan fingerprint density at radius 3 is 2.67 bits per heavy atom. The predicted octanol–water partition coefficient (Wildman–Crippen LogP) is 2.11. The standard InChI is InChI=1S/C13H20N2O3/c1-17-13(7-4-8-13)12-14-11(18-15-12)9-5-2-3-6-10(9)16/h9-10,16H,2-8H2,1H3. The lowest BCUT2D eigenvalue weighted by molar-refractivity contribution is -0.0858. The van der Waals surface area contributed by atoms with E-state index in [1.165, 1.54) is 0 Å². The minimum Gasteiger partial charge on any atom is -0.392 e. The van der Waals surface area contributed by atoms with Crippen molar-refractivity contribution in [1.29, 1.82) is 0 Å². The van der Waals surface area contributed by atoms with Crippen molar-refractivity contribution in [2.24, 2.45) is 0 Å². The van der Waals surface area contributed by atoms with Gasteiger partial charge in [0.05, 0.1) is 12.0 Å². The van der Waals surface area contributed by atoms with Crippen LogP contribution in [0.15, 0.2) is 4.52 Å². The third-order valence-corrected chi connectivity index (χ3v) is 4.45. The summed E-state index contributed by atoms with van der Waals surface area (Å²) >= 11 is 0. The minimum atomic E-state index is -0.341. The van der Waals surface area contributed by atoms with Crippen LogP contribution in [0, 0.1) is 0 Å². The van der Waals surface area contributed by atoms with E-state index >= 15 is 0 Å². The van der Waals surface area contributed by atoms with Gasteiger partial charge in [0, 0.05) is 7.11 Å². The average Bonchev–Trinajstić information content (AvgIpc) is 2.79. The molecule has 5 heteroatoms. The Kier molecular flexibility index (Phi) is 3.11. The number of hydrogen-bond acceptors (Lipinski definition) is 5. The molecule has 2 saturated carbocycles. The average molecular weight is 252 g/mol. The molecule has 2 fully saturated rings. The zero-order chi connectivity index (χ0) is 12.6. The van der Waals surface area contributed by atoms with E-state index in [4.69, 9.17) is 9.26 Å². The molecule has 1 aromatic heterocycles. The van der Waals surface area contributed by atoms with Crippen molar-refractivity contribution >= 4 is 0 Å². The summed E-state index contributed by atoms with van der Waals surface area (Å²) in [7, 11) is 1.70. The van der Waals surface area contributed by atoms with Gasteiger partial charge in [-0.3, -0.25) is 0 Å². The highest BCUT2D eigenvalue weighted by atomic mass is 16.5. The summed E-state index contributed by atoms with van der Waals surface area (Å²) in [6.07, 6.45) is 6.68. The molecule has 3 rings (SSSR count). The normalized spacial score (nSPS) is 31.0. The third-order valence-electron chi connectivity index (χ3n) is 4.45. The molecule has 100 valence electrons. The zero-order valence-corrected chi connectivity index (χ0v) is 10.8. The first kappa shape index (κ1) is 12.1. The van der Waals surface area contributed by atoms with Crippen LogP contribution in [0.1, 0.15) is 62.6 Å². The fourth-order valence-corrected chi connectivity index (χ4v) is 2.99. The molecule has 0 spiro atoms. The molecule has 18 heavy (non-hydrogen) atoms. The Labute approximate surface area is 107 Å². The Morgan fingerprint density at radius 1 is 1.28 bits per heavy atom. The van der Waals surface area contributed by atoms with Gasteiger partial charge in [-0.25, -0.2) is 0 Å². The summed E-state index contributed by atoms with van der Waals surface area (Å²) in [5, 5.41) is 14.1. The molecule has 0 radical (unpaired) electrons. The number of aliphatic hydroxyl groups is 1. The Morgan fingerprint density at radius 2 is 2.06 bits per heavy atom. The van der Waals surface area contributed by atoms with Gasteiger partial charge in [0.1, 0.15) is 5.60 Å². The van der Waals surface area contributed by atoms with E-state index in [0.29, 0.717) is 11.7 Å². The maximum atomic E-state index is 10.0. The van der Waals surface area contributed by atoms with Crippen LogP contribution in [0.4, 0.5) is 0 Å². The van der Waals surface area contributed by atoms with Crippen LogP contribution in [0.3, 0.4) is 0 Å². The lowest BCUT2D eigenvalue weighted by Crippen LogP contribution is -2.37. The van der Waals surface area contributed by atoms with Crippen LogP contribution >= 0.6 is 0 Å². The first-order valence-electron chi connectivity index (χ1n) is 6.82. The molecular weight excluding hydrogens is 232 g/mol. The maximum Gasteiger partial charge on any atom is 0.232 e. The second-order valence-corrected chi connectivity index (χ2v) is 5.47. The highest BCUT2D eigenvalue weighted by Gasteiger charge is 2.44. The van der Waals surface area contributed by atoms with Crippen LogP contribution in [0.25, 0.3) is 0 Å². The van der Waals surface area contributed by atoms with E-state index < -0.39 is 0 Å². The fraction of sp³-hybridized carbons (Fsp3) is 0.846. The number of aromatic nitrogens is 2. The van der Waals surface area contributed by atoms with Crippen molar-refractivity contribution in [2.75, 3.05) is 7.11 Å². The molecule has 0 saturated heterocycles. The van der Waals surface area contributed by atoms with E-state index in [2.05, 4.69) is 10.1 Å². The molecule has 1 heterocycles.